The van der Waals surface area contributed by atoms with Gasteiger partial charge in [0.15, 0.2) is 0 Å². The van der Waals surface area contributed by atoms with Crippen LogP contribution in [0.25, 0.3) is 10.8 Å². The highest BCUT2D eigenvalue weighted by atomic mass is 16.5. The van der Waals surface area contributed by atoms with E-state index in [2.05, 4.69) is 42.5 Å². The number of carbonyl (C=O) groups excluding carboxylic acids is 1. The van der Waals surface area contributed by atoms with Gasteiger partial charge in [0.2, 0.25) is 0 Å². The fraction of sp³-hybridized carbons (Fsp3) is 0.278. The standard InChI is InChI=1S/C18H18O2/c1-13(19)12-15-8-5-11-18(20-15)17-10-4-7-14-6-2-3-9-16(14)17/h2-10,15,18H,11-12H2,1H3/t15-,18+/m1/s1. The van der Waals surface area contributed by atoms with Crippen LogP contribution in [-0.2, 0) is 9.53 Å². The molecule has 3 rings (SSSR count). The van der Waals surface area contributed by atoms with Gasteiger partial charge in [0, 0.05) is 6.42 Å². The molecule has 0 saturated heterocycles. The molecule has 0 aliphatic carbocycles. The van der Waals surface area contributed by atoms with Crippen molar-refractivity contribution in [1.29, 1.82) is 0 Å². The van der Waals surface area contributed by atoms with Crippen molar-refractivity contribution in [2.75, 3.05) is 0 Å². The molecule has 20 heavy (non-hydrogen) atoms. The second kappa shape index (κ2) is 5.59. The largest absolute Gasteiger partial charge is 0.365 e. The molecule has 1 aliphatic rings. The van der Waals surface area contributed by atoms with Crippen molar-refractivity contribution in [2.45, 2.75) is 32.0 Å². The second-order valence-electron chi connectivity index (χ2n) is 5.30. The van der Waals surface area contributed by atoms with Crippen molar-refractivity contribution in [3.63, 3.8) is 0 Å². The Morgan fingerprint density at radius 2 is 2.00 bits per heavy atom. The average molecular weight is 266 g/mol. The number of ketones is 1. The van der Waals surface area contributed by atoms with E-state index in [1.54, 1.807) is 6.92 Å². The zero-order valence-electron chi connectivity index (χ0n) is 11.6. The van der Waals surface area contributed by atoms with E-state index >= 15 is 0 Å². The van der Waals surface area contributed by atoms with E-state index < -0.39 is 0 Å². The van der Waals surface area contributed by atoms with Crippen LogP contribution < -0.4 is 0 Å². The number of Topliss-reactive ketones (excluding diaryl/α,β-unsaturated/α-hetero) is 1. The normalized spacial score (nSPS) is 22.1. The first-order valence-electron chi connectivity index (χ1n) is 7.03. The van der Waals surface area contributed by atoms with Gasteiger partial charge in [0.1, 0.15) is 5.78 Å². The minimum Gasteiger partial charge on any atom is -0.365 e. The maximum absolute atomic E-state index is 11.3. The van der Waals surface area contributed by atoms with E-state index in [0.29, 0.717) is 6.42 Å². The van der Waals surface area contributed by atoms with Crippen molar-refractivity contribution < 1.29 is 9.53 Å². The first kappa shape index (κ1) is 13.1. The van der Waals surface area contributed by atoms with Gasteiger partial charge in [-0.1, -0.05) is 54.6 Å². The Morgan fingerprint density at radius 3 is 2.85 bits per heavy atom. The van der Waals surface area contributed by atoms with Crippen molar-refractivity contribution >= 4 is 16.6 Å². The maximum Gasteiger partial charge on any atom is 0.132 e. The molecular formula is C18H18O2. The quantitative estimate of drug-likeness (QED) is 0.778. The molecule has 0 fully saturated rings. The maximum atomic E-state index is 11.3. The summed E-state index contributed by atoms with van der Waals surface area (Å²) in [5.74, 6) is 0.165. The lowest BCUT2D eigenvalue weighted by Gasteiger charge is -2.26. The number of ether oxygens (including phenoxy) is 1. The van der Waals surface area contributed by atoms with E-state index in [9.17, 15) is 4.79 Å². The zero-order chi connectivity index (χ0) is 13.9. The van der Waals surface area contributed by atoms with E-state index in [1.165, 1.54) is 16.3 Å². The van der Waals surface area contributed by atoms with Gasteiger partial charge in [-0.25, -0.2) is 0 Å². The van der Waals surface area contributed by atoms with E-state index in [1.807, 2.05) is 12.1 Å². The minimum atomic E-state index is -0.0924. The molecule has 2 heteroatoms. The summed E-state index contributed by atoms with van der Waals surface area (Å²) in [6, 6.07) is 14.7. The summed E-state index contributed by atoms with van der Waals surface area (Å²) in [6.45, 7) is 1.61. The third-order valence-corrected chi connectivity index (χ3v) is 3.70. The molecule has 2 aromatic rings. The first-order valence-corrected chi connectivity index (χ1v) is 7.03. The van der Waals surface area contributed by atoms with Gasteiger partial charge in [-0.05, 0) is 29.7 Å². The van der Waals surface area contributed by atoms with Gasteiger partial charge in [0.05, 0.1) is 12.2 Å². The Balaban J connectivity index is 1.92. The van der Waals surface area contributed by atoms with Crippen LogP contribution in [0.4, 0.5) is 0 Å². The molecule has 2 aromatic carbocycles. The van der Waals surface area contributed by atoms with Crippen molar-refractivity contribution in [3.8, 4) is 0 Å². The van der Waals surface area contributed by atoms with Crippen LogP contribution in [0.15, 0.2) is 54.6 Å². The Labute approximate surface area is 119 Å². The van der Waals surface area contributed by atoms with Gasteiger partial charge in [-0.3, -0.25) is 4.79 Å². The van der Waals surface area contributed by atoms with E-state index in [-0.39, 0.29) is 18.0 Å². The summed E-state index contributed by atoms with van der Waals surface area (Å²) in [4.78, 5) is 11.3. The lowest BCUT2D eigenvalue weighted by molar-refractivity contribution is -0.120. The smallest absolute Gasteiger partial charge is 0.132 e. The molecule has 2 atom stereocenters. The van der Waals surface area contributed by atoms with Crippen LogP contribution in [0.1, 0.15) is 31.4 Å². The topological polar surface area (TPSA) is 26.3 Å². The molecule has 0 N–H and O–H groups in total. The lowest BCUT2D eigenvalue weighted by Crippen LogP contribution is -2.20. The highest BCUT2D eigenvalue weighted by Crippen LogP contribution is 2.33. The summed E-state index contributed by atoms with van der Waals surface area (Å²) in [5, 5.41) is 2.46. The third-order valence-electron chi connectivity index (χ3n) is 3.70. The van der Waals surface area contributed by atoms with Gasteiger partial charge in [-0.2, -0.15) is 0 Å². The van der Waals surface area contributed by atoms with Crippen LogP contribution in [0.2, 0.25) is 0 Å². The molecule has 1 heterocycles. The Kier molecular flexibility index (Phi) is 3.66. The molecule has 0 radical (unpaired) electrons. The van der Waals surface area contributed by atoms with Crippen LogP contribution in [0.3, 0.4) is 0 Å². The Bertz CT molecular complexity index is 652. The molecule has 0 aromatic heterocycles. The molecule has 0 unspecified atom stereocenters. The summed E-state index contributed by atoms with van der Waals surface area (Å²) < 4.78 is 6.08. The summed E-state index contributed by atoms with van der Waals surface area (Å²) in [7, 11) is 0. The molecule has 0 saturated carbocycles. The number of hydrogen-bond donors (Lipinski definition) is 0. The fourth-order valence-electron chi connectivity index (χ4n) is 2.80. The zero-order valence-corrected chi connectivity index (χ0v) is 11.6. The molecule has 1 aliphatic heterocycles. The number of fused-ring (bicyclic) bond motifs is 1. The molecular weight excluding hydrogens is 248 g/mol. The van der Waals surface area contributed by atoms with Gasteiger partial charge < -0.3 is 4.74 Å². The molecule has 0 bridgehead atoms. The highest BCUT2D eigenvalue weighted by Gasteiger charge is 2.22. The first-order chi connectivity index (χ1) is 9.74. The van der Waals surface area contributed by atoms with E-state index in [0.717, 1.165) is 6.42 Å². The van der Waals surface area contributed by atoms with E-state index in [4.69, 9.17) is 4.74 Å². The molecule has 102 valence electrons. The summed E-state index contributed by atoms with van der Waals surface area (Å²) in [5.41, 5.74) is 1.21. The average Bonchev–Trinajstić information content (AvgIpc) is 2.46. The highest BCUT2D eigenvalue weighted by molar-refractivity contribution is 5.86. The van der Waals surface area contributed by atoms with Gasteiger partial charge >= 0.3 is 0 Å². The third kappa shape index (κ3) is 2.66. The molecule has 0 amide bonds. The van der Waals surface area contributed by atoms with Crippen LogP contribution in [0, 0.1) is 0 Å². The number of carbonyl (C=O) groups is 1. The predicted molar refractivity (Wildman–Crippen MR) is 80.6 cm³/mol. The molecule has 2 nitrogen and oxygen atoms in total. The Hall–Kier alpha value is -1.93. The SMILES string of the molecule is CC(=O)C[C@H]1C=CC[C@@H](c2cccc3ccccc23)O1. The van der Waals surface area contributed by atoms with Crippen molar-refractivity contribution in [1.82, 2.24) is 0 Å². The lowest BCUT2D eigenvalue weighted by atomic mass is 9.96. The monoisotopic (exact) mass is 266 g/mol. The minimum absolute atomic E-state index is 0.0375. The van der Waals surface area contributed by atoms with Crippen molar-refractivity contribution in [3.05, 3.63) is 60.2 Å². The molecule has 0 spiro atoms. The van der Waals surface area contributed by atoms with Gasteiger partial charge in [-0.15, -0.1) is 0 Å². The van der Waals surface area contributed by atoms with Gasteiger partial charge in [0.25, 0.3) is 0 Å². The number of hydrogen-bond acceptors (Lipinski definition) is 2. The van der Waals surface area contributed by atoms with Crippen LogP contribution >= 0.6 is 0 Å². The van der Waals surface area contributed by atoms with Crippen LogP contribution in [0.5, 0.6) is 0 Å². The summed E-state index contributed by atoms with van der Waals surface area (Å²) >= 11 is 0. The second-order valence-corrected chi connectivity index (χ2v) is 5.30. The number of benzene rings is 2. The predicted octanol–water partition coefficient (Wildman–Crippen LogP) is 4.21. The number of rotatable bonds is 3. The van der Waals surface area contributed by atoms with Crippen molar-refractivity contribution in [2.24, 2.45) is 0 Å². The Morgan fingerprint density at radius 1 is 1.20 bits per heavy atom. The summed E-state index contributed by atoms with van der Waals surface area (Å²) in [6.07, 6.45) is 5.40. The fourth-order valence-corrected chi connectivity index (χ4v) is 2.80. The van der Waals surface area contributed by atoms with Crippen LogP contribution in [-0.4, -0.2) is 11.9 Å².